The Balaban J connectivity index is -0.0000000800. The van der Waals surface area contributed by atoms with Crippen molar-refractivity contribution in [3.63, 3.8) is 0 Å². The van der Waals surface area contributed by atoms with Crippen molar-refractivity contribution in [2.45, 2.75) is 0 Å². The van der Waals surface area contributed by atoms with Crippen molar-refractivity contribution in [2.24, 2.45) is 0 Å². The van der Waals surface area contributed by atoms with Crippen LogP contribution in [0.2, 0.25) is 0 Å². The minimum Gasteiger partial charge on any atom is -0.628 e. The molecule has 0 aliphatic heterocycles. The summed E-state index contributed by atoms with van der Waals surface area (Å²) in [4.78, 5) is 0. The van der Waals surface area contributed by atoms with Gasteiger partial charge in [-0.1, -0.05) is 0 Å². The van der Waals surface area contributed by atoms with Gasteiger partial charge in [0.15, 0.2) is 0 Å². The van der Waals surface area contributed by atoms with E-state index in [2.05, 4.69) is 9.31 Å². The second kappa shape index (κ2) is 15.6. The van der Waals surface area contributed by atoms with Gasteiger partial charge in [-0.25, -0.2) is 0 Å². The molecule has 0 saturated heterocycles. The molecular formula is C3H9BKO2-. The van der Waals surface area contributed by atoms with E-state index in [4.69, 9.17) is 0 Å². The Morgan fingerprint density at radius 1 is 1.14 bits per heavy atom. The predicted octanol–water partition coefficient (Wildman–Crippen LogP) is -2.73. The van der Waals surface area contributed by atoms with E-state index in [1.807, 2.05) is 0 Å². The number of rotatable bonds is 2. The van der Waals surface area contributed by atoms with Crippen LogP contribution in [0.3, 0.4) is 0 Å². The summed E-state index contributed by atoms with van der Waals surface area (Å²) in [7, 11) is 4.31. The van der Waals surface area contributed by atoms with Gasteiger partial charge in [0.2, 0.25) is 0 Å². The van der Waals surface area contributed by atoms with Gasteiger partial charge in [-0.05, 0) is 21.9 Å². The average molecular weight is 127 g/mol. The molecule has 7 heavy (non-hydrogen) atoms. The van der Waals surface area contributed by atoms with E-state index in [9.17, 15) is 0 Å². The second-order valence-electron chi connectivity index (χ2n) is 0.568. The molecule has 0 fully saturated rings. The zero-order valence-corrected chi connectivity index (χ0v) is 8.52. The van der Waals surface area contributed by atoms with Gasteiger partial charge >= 0.3 is 51.4 Å². The van der Waals surface area contributed by atoms with Gasteiger partial charge in [-0.15, -0.1) is 0 Å². The summed E-state index contributed by atoms with van der Waals surface area (Å²) >= 11 is 0. The first kappa shape index (κ1) is 15.8. The summed E-state index contributed by atoms with van der Waals surface area (Å²) in [6.45, 7) is 0. The fraction of sp³-hybridized carbons (Fsp3) is 0.667. The summed E-state index contributed by atoms with van der Waals surface area (Å²) in [5, 5.41) is 0. The topological polar surface area (TPSA) is 18.5 Å². The van der Waals surface area contributed by atoms with Gasteiger partial charge < -0.3 is 16.7 Å². The minimum absolute atomic E-state index is 0. The zero-order chi connectivity index (χ0) is 4.12. The van der Waals surface area contributed by atoms with Crippen LogP contribution in [0.15, 0.2) is 0 Å². The Kier molecular flexibility index (Phi) is 35.4. The van der Waals surface area contributed by atoms with E-state index >= 15 is 0 Å². The maximum Gasteiger partial charge on any atom is 1.00 e. The predicted molar refractivity (Wildman–Crippen MR) is 26.2 cm³/mol. The Labute approximate surface area is 88.7 Å². The molecule has 0 aromatic heterocycles. The summed E-state index contributed by atoms with van der Waals surface area (Å²) in [5.41, 5.74) is 0. The molecule has 0 amide bonds. The summed E-state index contributed by atoms with van der Waals surface area (Å²) in [6, 6.07) is 0. The van der Waals surface area contributed by atoms with Crippen molar-refractivity contribution in [3.8, 4) is 0 Å². The van der Waals surface area contributed by atoms with Crippen LogP contribution in [0.1, 0.15) is 0 Å². The van der Waals surface area contributed by atoms with Crippen molar-refractivity contribution in [3.05, 3.63) is 7.43 Å². The molecule has 0 aromatic rings. The molecule has 0 saturated carbocycles. The molecule has 0 aromatic carbocycles. The third-order valence-electron chi connectivity index (χ3n) is 0.192. The van der Waals surface area contributed by atoms with Gasteiger partial charge in [0.05, 0.1) is 0 Å². The third-order valence-corrected chi connectivity index (χ3v) is 0.192. The zero-order valence-electron chi connectivity index (χ0n) is 5.39. The number of hydrogen-bond donors (Lipinski definition) is 0. The summed E-state index contributed by atoms with van der Waals surface area (Å²) in [5.74, 6) is 0. The van der Waals surface area contributed by atoms with Crippen LogP contribution < -0.4 is 51.4 Å². The molecule has 0 aliphatic rings. The van der Waals surface area contributed by atoms with Crippen LogP contribution >= 0.6 is 0 Å². The fourth-order valence-corrected chi connectivity index (χ4v) is 0.0962. The molecule has 0 N–H and O–H groups in total. The standard InChI is InChI=1S/C2H6BO2.CH3.K/c1-4-3-5-2;;/h1-2H3;1H3;/q2*-1;+1. The van der Waals surface area contributed by atoms with Crippen LogP contribution in [0.4, 0.5) is 0 Å². The summed E-state index contributed by atoms with van der Waals surface area (Å²) < 4.78 is 8.69. The molecule has 2 nitrogen and oxygen atoms in total. The van der Waals surface area contributed by atoms with Gasteiger partial charge in [-0.2, -0.15) is 0 Å². The fourth-order valence-electron chi connectivity index (χ4n) is 0.0962. The van der Waals surface area contributed by atoms with Crippen LogP contribution in [-0.2, 0) is 9.31 Å². The third kappa shape index (κ3) is 18.4. The molecule has 0 atom stereocenters. The summed E-state index contributed by atoms with van der Waals surface area (Å²) in [6.07, 6.45) is 0. The normalized spacial score (nSPS) is 6.00. The molecule has 0 bridgehead atoms. The van der Waals surface area contributed by atoms with Crippen molar-refractivity contribution in [2.75, 3.05) is 14.2 Å². The van der Waals surface area contributed by atoms with E-state index < -0.39 is 0 Å². The quantitative estimate of drug-likeness (QED) is 0.296. The van der Waals surface area contributed by atoms with E-state index in [-0.39, 0.29) is 58.8 Å². The number of hydrogen-bond acceptors (Lipinski definition) is 2. The van der Waals surface area contributed by atoms with Crippen molar-refractivity contribution < 1.29 is 60.7 Å². The molecule has 0 spiro atoms. The first-order chi connectivity index (χ1) is 2.41. The first-order valence-corrected chi connectivity index (χ1v) is 1.29. The molecule has 38 valence electrons. The van der Waals surface area contributed by atoms with E-state index in [1.165, 1.54) is 21.9 Å². The van der Waals surface area contributed by atoms with Crippen molar-refractivity contribution in [1.29, 1.82) is 0 Å². The van der Waals surface area contributed by atoms with Crippen LogP contribution in [0, 0.1) is 7.43 Å². The van der Waals surface area contributed by atoms with E-state index in [0.717, 1.165) is 0 Å². The van der Waals surface area contributed by atoms with E-state index in [1.54, 1.807) is 0 Å². The molecule has 2 radical (unpaired) electrons. The van der Waals surface area contributed by atoms with E-state index in [0.29, 0.717) is 0 Å². The molecule has 0 rings (SSSR count). The smallest absolute Gasteiger partial charge is 0.628 e. The molecule has 0 unspecified atom stereocenters. The maximum atomic E-state index is 4.34. The van der Waals surface area contributed by atoms with Gasteiger partial charge in [0.25, 0.3) is 0 Å². The van der Waals surface area contributed by atoms with Gasteiger partial charge in [-0.3, -0.25) is 0 Å². The van der Waals surface area contributed by atoms with Gasteiger partial charge in [0, 0.05) is 0 Å². The van der Waals surface area contributed by atoms with Crippen LogP contribution in [-0.4, -0.2) is 21.9 Å². The monoisotopic (exact) mass is 127 g/mol. The molecule has 0 aliphatic carbocycles. The van der Waals surface area contributed by atoms with Crippen molar-refractivity contribution >= 4 is 7.69 Å². The molecular weight excluding hydrogens is 118 g/mol. The Bertz CT molecular complexity index is 20.4. The van der Waals surface area contributed by atoms with Crippen LogP contribution in [0.5, 0.6) is 0 Å². The Morgan fingerprint density at radius 3 is 1.43 bits per heavy atom. The minimum atomic E-state index is 0. The maximum absolute atomic E-state index is 4.34. The average Bonchev–Trinajstić information content (AvgIpc) is 1.41. The second-order valence-corrected chi connectivity index (χ2v) is 0.568. The SMILES string of the molecule is CO[B-]OC.[CH3-].[K+]. The molecule has 0 heterocycles. The van der Waals surface area contributed by atoms with Gasteiger partial charge in [0.1, 0.15) is 0 Å². The Hall–Kier alpha value is 1.62. The van der Waals surface area contributed by atoms with Crippen molar-refractivity contribution in [1.82, 2.24) is 0 Å². The van der Waals surface area contributed by atoms with Crippen LogP contribution in [0.25, 0.3) is 0 Å². The Morgan fingerprint density at radius 2 is 1.43 bits per heavy atom. The first-order valence-electron chi connectivity index (χ1n) is 1.29. The largest absolute Gasteiger partial charge is 1.00 e. The molecule has 4 heteroatoms.